The Morgan fingerprint density at radius 2 is 0.339 bits per heavy atom. The van der Waals surface area contributed by atoms with Crippen molar-refractivity contribution in [1.29, 1.82) is 0 Å². The fourth-order valence-corrected chi connectivity index (χ4v) is 21.1. The van der Waals surface area contributed by atoms with Gasteiger partial charge >= 0.3 is 7.25 Å². The lowest BCUT2D eigenvalue weighted by molar-refractivity contribution is 0.368. The van der Waals surface area contributed by atoms with Crippen molar-refractivity contribution >= 4 is 21.4 Å². The summed E-state index contributed by atoms with van der Waals surface area (Å²) in [7, 11) is -8.68. The summed E-state index contributed by atoms with van der Waals surface area (Å²) in [4.78, 5) is 0. The first-order chi connectivity index (χ1) is 30.1. The molecule has 0 aliphatic carbocycles. The molecule has 0 spiro atoms. The van der Waals surface area contributed by atoms with Crippen molar-refractivity contribution < 1.29 is 17.3 Å². The lowest BCUT2D eigenvalue weighted by Gasteiger charge is -2.20. The van der Waals surface area contributed by atoms with E-state index in [1.165, 1.54) is 307 Å². The highest BCUT2D eigenvalue weighted by Gasteiger charge is 2.35. The van der Waals surface area contributed by atoms with Crippen molar-refractivity contribution in [3.8, 4) is 0 Å². The van der Waals surface area contributed by atoms with Crippen molar-refractivity contribution in [3.63, 3.8) is 0 Å². The molecule has 0 aromatic rings. The number of rotatable bonds is 48. The molecule has 0 radical (unpaired) electrons. The van der Waals surface area contributed by atoms with Crippen LogP contribution in [0.25, 0.3) is 0 Å². The van der Waals surface area contributed by atoms with Gasteiger partial charge in [0.15, 0.2) is 0 Å². The quantitative estimate of drug-likeness (QED) is 0.0190. The van der Waals surface area contributed by atoms with E-state index < -0.39 is 21.4 Å². The van der Waals surface area contributed by atoms with Crippen LogP contribution < -0.4 is 4.17 Å². The molecule has 0 aliphatic rings. The van der Waals surface area contributed by atoms with Gasteiger partial charge in [0.1, 0.15) is 0 Å². The first kappa shape index (κ1) is 64.4. The van der Waals surface area contributed by atoms with E-state index in [1.807, 2.05) is 0 Å². The van der Waals surface area contributed by atoms with Crippen LogP contribution in [0, 0.1) is 0 Å². The average Bonchev–Trinajstić information content (AvgIpc) is 3.24. The number of hydrogen-bond donors (Lipinski definition) is 0. The number of hydrogen-bond acceptors (Lipinski definition) is 0. The Bertz CT molecular complexity index is 821. The molecular formula is C54H114BF4NP2. The summed E-state index contributed by atoms with van der Waals surface area (Å²) in [6.07, 6.45) is 70.2. The van der Waals surface area contributed by atoms with Gasteiger partial charge in [-0.2, -0.15) is 4.17 Å². The monoisotopic (exact) mass is 926 g/mol. The Kier molecular flexibility index (Phi) is 51.2. The fourth-order valence-electron chi connectivity index (χ4n) is 9.52. The van der Waals surface area contributed by atoms with Crippen LogP contribution in [-0.4, -0.2) is 44.2 Å². The van der Waals surface area contributed by atoms with Crippen LogP contribution in [-0.2, 0) is 0 Å². The van der Waals surface area contributed by atoms with Crippen LogP contribution in [0.3, 0.4) is 0 Å². The molecule has 0 aromatic carbocycles. The van der Waals surface area contributed by atoms with Crippen LogP contribution in [0.5, 0.6) is 0 Å². The van der Waals surface area contributed by atoms with Gasteiger partial charge < -0.3 is 17.3 Å². The highest BCUT2D eigenvalue weighted by Crippen LogP contribution is 2.56. The molecule has 0 aliphatic heterocycles. The van der Waals surface area contributed by atoms with Gasteiger partial charge in [0.2, 0.25) is 14.1 Å². The fraction of sp³-hybridized carbons (Fsp3) is 1.00. The normalized spacial score (nSPS) is 12.2. The molecule has 0 N–H and O–H groups in total. The molecule has 0 saturated carbocycles. The highest BCUT2D eigenvalue weighted by atomic mass is 31.2. The lowest BCUT2D eigenvalue weighted by Crippen LogP contribution is -2.10. The van der Waals surface area contributed by atoms with E-state index in [2.05, 4.69) is 41.5 Å². The Labute approximate surface area is 389 Å². The van der Waals surface area contributed by atoms with Crippen LogP contribution in [0.4, 0.5) is 17.3 Å². The second-order valence-electron chi connectivity index (χ2n) is 19.8. The standard InChI is InChI=1S/C54H114NP2.BF4/c1-7-13-19-25-31-37-43-49-56(50-44-38-32-26-20-14-8-2,51-45-39-33-27-21-15-9-3)55-57(52-46-40-34-28-22-16-10-4,53-47-41-35-29-23-17-11-5)54-48-42-36-30-24-18-12-6;2-1(3,4)5/h7-54H2,1-6H3;/q+1;-1. The van der Waals surface area contributed by atoms with Crippen LogP contribution in [0.1, 0.15) is 311 Å². The van der Waals surface area contributed by atoms with Crippen LogP contribution in [0.15, 0.2) is 0 Å². The zero-order chi connectivity index (χ0) is 46.1. The van der Waals surface area contributed by atoms with Gasteiger partial charge in [0.25, 0.3) is 0 Å². The summed E-state index contributed by atoms with van der Waals surface area (Å²) >= 11 is 0. The minimum atomic E-state index is -6.00. The Morgan fingerprint density at radius 1 is 0.226 bits per heavy atom. The highest BCUT2D eigenvalue weighted by molar-refractivity contribution is 7.73. The topological polar surface area (TPSA) is 14.1 Å². The molecule has 0 saturated heterocycles. The minimum absolute atomic E-state index is 1.34. The minimum Gasteiger partial charge on any atom is -0.418 e. The summed E-state index contributed by atoms with van der Waals surface area (Å²) in [5, 5.41) is 0. The molecule has 8 heteroatoms. The van der Waals surface area contributed by atoms with Crippen molar-refractivity contribution in [3.05, 3.63) is 0 Å². The zero-order valence-corrected chi connectivity index (χ0v) is 45.2. The smallest absolute Gasteiger partial charge is 0.418 e. The molecular weight excluding hydrogens is 811 g/mol. The summed E-state index contributed by atoms with van der Waals surface area (Å²) in [5.74, 6) is 0. The molecule has 0 unspecified atom stereocenters. The predicted octanol–water partition coefficient (Wildman–Crippen LogP) is 22.3. The summed E-state index contributed by atoms with van der Waals surface area (Å²) < 4.78 is 45.8. The molecule has 0 atom stereocenters. The van der Waals surface area contributed by atoms with Gasteiger partial charge in [-0.25, -0.2) is 0 Å². The third kappa shape index (κ3) is 48.3. The number of unbranched alkanes of at least 4 members (excludes halogenated alkanes) is 36. The van der Waals surface area contributed by atoms with Gasteiger partial charge in [-0.1, -0.05) is 273 Å². The molecule has 0 amide bonds. The molecule has 0 bridgehead atoms. The summed E-state index contributed by atoms with van der Waals surface area (Å²) in [6, 6.07) is 0. The molecule has 0 fully saturated rings. The van der Waals surface area contributed by atoms with Gasteiger partial charge in [-0.15, -0.1) is 0 Å². The number of nitrogens with zero attached hydrogens (tertiary/aromatic N) is 1. The van der Waals surface area contributed by atoms with E-state index in [9.17, 15) is 17.3 Å². The second kappa shape index (κ2) is 49.3. The van der Waals surface area contributed by atoms with Gasteiger partial charge in [-0.3, -0.25) is 0 Å². The Morgan fingerprint density at radius 3 is 0.468 bits per heavy atom. The molecule has 0 aromatic heterocycles. The van der Waals surface area contributed by atoms with E-state index >= 15 is 0 Å². The molecule has 62 heavy (non-hydrogen) atoms. The third-order valence-corrected chi connectivity index (χ3v) is 23.4. The third-order valence-electron chi connectivity index (χ3n) is 13.4. The largest absolute Gasteiger partial charge is 0.673 e. The maximum absolute atomic E-state index is 9.75. The van der Waals surface area contributed by atoms with Crippen molar-refractivity contribution in [2.75, 3.05) is 37.0 Å². The number of halogens is 4. The van der Waals surface area contributed by atoms with E-state index in [-0.39, 0.29) is 0 Å². The van der Waals surface area contributed by atoms with E-state index in [0.717, 1.165) is 0 Å². The molecule has 376 valence electrons. The first-order valence-electron chi connectivity index (χ1n) is 28.4. The van der Waals surface area contributed by atoms with Crippen molar-refractivity contribution in [2.45, 2.75) is 311 Å². The van der Waals surface area contributed by atoms with Gasteiger partial charge in [0, 0.05) is 37.0 Å². The Hall–Kier alpha value is 0.355. The second-order valence-corrected chi connectivity index (χ2v) is 27.6. The maximum Gasteiger partial charge on any atom is 0.673 e. The first-order valence-corrected chi connectivity index (χ1v) is 33.0. The molecule has 1 nitrogen and oxygen atoms in total. The molecule has 0 heterocycles. The average molecular weight is 926 g/mol. The van der Waals surface area contributed by atoms with Crippen molar-refractivity contribution in [1.82, 2.24) is 4.17 Å². The van der Waals surface area contributed by atoms with E-state index in [4.69, 9.17) is 4.17 Å². The van der Waals surface area contributed by atoms with Crippen LogP contribution >= 0.6 is 14.1 Å². The maximum atomic E-state index is 9.75. The lowest BCUT2D eigenvalue weighted by atomic mass is 10.1. The Balaban J connectivity index is 0. The van der Waals surface area contributed by atoms with E-state index in [0.29, 0.717) is 0 Å². The van der Waals surface area contributed by atoms with Crippen LogP contribution in [0.2, 0.25) is 0 Å². The predicted molar refractivity (Wildman–Crippen MR) is 283 cm³/mol. The van der Waals surface area contributed by atoms with Crippen molar-refractivity contribution in [2.24, 2.45) is 0 Å². The summed E-state index contributed by atoms with van der Waals surface area (Å²) in [5.41, 5.74) is 0. The molecule has 0 rings (SSSR count). The van der Waals surface area contributed by atoms with Gasteiger partial charge in [-0.05, 0) is 38.5 Å². The SMILES string of the molecule is CCCCCCCCCP(CCCCCCCCC)(CCCCCCCCC)=[N+]=P(CCCCCCCCC)(CCCCCCCCC)CCCCCCCCC.F[B-](F)(F)F. The summed E-state index contributed by atoms with van der Waals surface area (Å²) in [6.45, 7) is 14.2. The zero-order valence-electron chi connectivity index (χ0n) is 43.4. The van der Waals surface area contributed by atoms with E-state index in [1.54, 1.807) is 0 Å². The van der Waals surface area contributed by atoms with Gasteiger partial charge in [0.05, 0.1) is 0 Å².